The summed E-state index contributed by atoms with van der Waals surface area (Å²) in [5, 5.41) is 11.5. The zero-order valence-electron chi connectivity index (χ0n) is 9.19. The number of nitrogens with zero attached hydrogens (tertiary/aromatic N) is 1. The molecule has 2 N–H and O–H groups in total. The van der Waals surface area contributed by atoms with Gasteiger partial charge in [0, 0.05) is 19.0 Å². The zero-order chi connectivity index (χ0) is 11.4. The lowest BCUT2D eigenvalue weighted by Gasteiger charge is -2.28. The Kier molecular flexibility index (Phi) is 4.08. The fourth-order valence-corrected chi connectivity index (χ4v) is 1.73. The average molecular weight is 214 g/mol. The van der Waals surface area contributed by atoms with Crippen molar-refractivity contribution >= 4 is 11.8 Å². The summed E-state index contributed by atoms with van der Waals surface area (Å²) in [6.45, 7) is 4.06. The predicted molar refractivity (Wildman–Crippen MR) is 55.1 cm³/mol. The fraction of sp³-hybridized carbons (Fsp3) is 0.800. The molecule has 1 aliphatic heterocycles. The molecule has 1 aliphatic rings. The first-order valence-electron chi connectivity index (χ1n) is 5.27. The van der Waals surface area contributed by atoms with Gasteiger partial charge in [0.05, 0.1) is 6.61 Å². The molecule has 86 valence electrons. The van der Waals surface area contributed by atoms with E-state index in [1.165, 1.54) is 0 Å². The fourth-order valence-electron chi connectivity index (χ4n) is 1.73. The molecule has 0 spiro atoms. The number of hydrogen-bond acceptors (Lipinski definition) is 3. The lowest BCUT2D eigenvalue weighted by atomic mass is 10.2. The molecule has 1 heterocycles. The second-order valence-corrected chi connectivity index (χ2v) is 4.01. The van der Waals surface area contributed by atoms with E-state index in [-0.39, 0.29) is 24.5 Å². The van der Waals surface area contributed by atoms with Crippen LogP contribution in [0.15, 0.2) is 0 Å². The van der Waals surface area contributed by atoms with Gasteiger partial charge in [-0.25, -0.2) is 0 Å². The molecule has 1 fully saturated rings. The number of amides is 2. The van der Waals surface area contributed by atoms with Crippen LogP contribution in [-0.2, 0) is 9.59 Å². The SMILES string of the molecule is CC(C)N(CCO)C(=O)C1CCC(=O)N1. The van der Waals surface area contributed by atoms with Gasteiger partial charge in [0.2, 0.25) is 11.8 Å². The van der Waals surface area contributed by atoms with Crippen LogP contribution in [0, 0.1) is 0 Å². The van der Waals surface area contributed by atoms with Crippen LogP contribution in [0.25, 0.3) is 0 Å². The summed E-state index contributed by atoms with van der Waals surface area (Å²) in [4.78, 5) is 24.5. The number of hydrogen-bond donors (Lipinski definition) is 2. The van der Waals surface area contributed by atoms with Crippen LogP contribution >= 0.6 is 0 Å². The highest BCUT2D eigenvalue weighted by atomic mass is 16.3. The lowest BCUT2D eigenvalue weighted by Crippen LogP contribution is -2.48. The Morgan fingerprint density at radius 1 is 1.67 bits per heavy atom. The Hall–Kier alpha value is -1.10. The van der Waals surface area contributed by atoms with Gasteiger partial charge in [-0.2, -0.15) is 0 Å². The molecule has 5 nitrogen and oxygen atoms in total. The van der Waals surface area contributed by atoms with E-state index < -0.39 is 6.04 Å². The van der Waals surface area contributed by atoms with Crippen molar-refractivity contribution in [1.82, 2.24) is 10.2 Å². The summed E-state index contributed by atoms with van der Waals surface area (Å²) in [7, 11) is 0. The van der Waals surface area contributed by atoms with Gasteiger partial charge in [0.25, 0.3) is 0 Å². The van der Waals surface area contributed by atoms with E-state index in [1.807, 2.05) is 13.8 Å². The van der Waals surface area contributed by atoms with Gasteiger partial charge >= 0.3 is 0 Å². The summed E-state index contributed by atoms with van der Waals surface area (Å²) < 4.78 is 0. The van der Waals surface area contributed by atoms with Gasteiger partial charge in [0.15, 0.2) is 0 Å². The number of rotatable bonds is 4. The highest BCUT2D eigenvalue weighted by molar-refractivity contribution is 5.90. The van der Waals surface area contributed by atoms with Gasteiger partial charge in [-0.15, -0.1) is 0 Å². The van der Waals surface area contributed by atoms with Crippen molar-refractivity contribution in [3.8, 4) is 0 Å². The van der Waals surface area contributed by atoms with Gasteiger partial charge < -0.3 is 15.3 Å². The summed E-state index contributed by atoms with van der Waals surface area (Å²) in [5.41, 5.74) is 0. The van der Waals surface area contributed by atoms with E-state index in [0.717, 1.165) is 0 Å². The van der Waals surface area contributed by atoms with Crippen LogP contribution in [0.1, 0.15) is 26.7 Å². The minimum atomic E-state index is -0.397. The normalized spacial score (nSPS) is 20.5. The maximum atomic E-state index is 11.9. The number of nitrogens with one attached hydrogen (secondary N) is 1. The molecule has 1 atom stereocenters. The molecule has 0 saturated carbocycles. The molecule has 0 aromatic carbocycles. The number of aliphatic hydroxyl groups is 1. The summed E-state index contributed by atoms with van der Waals surface area (Å²) in [6, 6.07) is -0.353. The van der Waals surface area contributed by atoms with Crippen molar-refractivity contribution in [2.75, 3.05) is 13.2 Å². The monoisotopic (exact) mass is 214 g/mol. The van der Waals surface area contributed by atoms with Crippen molar-refractivity contribution in [2.24, 2.45) is 0 Å². The summed E-state index contributed by atoms with van der Waals surface area (Å²) >= 11 is 0. The van der Waals surface area contributed by atoms with E-state index in [9.17, 15) is 9.59 Å². The van der Waals surface area contributed by atoms with Crippen molar-refractivity contribution < 1.29 is 14.7 Å². The quantitative estimate of drug-likeness (QED) is 0.662. The van der Waals surface area contributed by atoms with Crippen LogP contribution in [0.5, 0.6) is 0 Å². The summed E-state index contributed by atoms with van der Waals surface area (Å²) in [6.07, 6.45) is 0.980. The number of carbonyl (C=O) groups excluding carboxylic acids is 2. The van der Waals surface area contributed by atoms with Gasteiger partial charge in [-0.3, -0.25) is 9.59 Å². The Morgan fingerprint density at radius 3 is 2.73 bits per heavy atom. The van der Waals surface area contributed by atoms with Crippen LogP contribution in [0.4, 0.5) is 0 Å². The van der Waals surface area contributed by atoms with E-state index in [4.69, 9.17) is 5.11 Å². The lowest BCUT2D eigenvalue weighted by molar-refractivity contribution is -0.136. The second-order valence-electron chi connectivity index (χ2n) is 4.01. The molecule has 0 aromatic heterocycles. The van der Waals surface area contributed by atoms with Crippen molar-refractivity contribution in [2.45, 2.75) is 38.8 Å². The van der Waals surface area contributed by atoms with Crippen LogP contribution in [-0.4, -0.2) is 47.1 Å². The van der Waals surface area contributed by atoms with Gasteiger partial charge in [0.1, 0.15) is 6.04 Å². The summed E-state index contributed by atoms with van der Waals surface area (Å²) in [5.74, 6) is -0.161. The minimum Gasteiger partial charge on any atom is -0.395 e. The van der Waals surface area contributed by atoms with Crippen molar-refractivity contribution in [3.05, 3.63) is 0 Å². The van der Waals surface area contributed by atoms with Gasteiger partial charge in [-0.1, -0.05) is 0 Å². The molecule has 1 rings (SSSR count). The maximum Gasteiger partial charge on any atom is 0.245 e. The third-order valence-corrected chi connectivity index (χ3v) is 2.54. The molecule has 0 radical (unpaired) electrons. The highest BCUT2D eigenvalue weighted by Crippen LogP contribution is 2.11. The first-order chi connectivity index (χ1) is 7.06. The number of aliphatic hydroxyl groups excluding tert-OH is 1. The zero-order valence-corrected chi connectivity index (χ0v) is 9.19. The van der Waals surface area contributed by atoms with Crippen LogP contribution < -0.4 is 5.32 Å². The van der Waals surface area contributed by atoms with Crippen LogP contribution in [0.2, 0.25) is 0 Å². The van der Waals surface area contributed by atoms with E-state index in [0.29, 0.717) is 19.4 Å². The van der Waals surface area contributed by atoms with E-state index >= 15 is 0 Å². The highest BCUT2D eigenvalue weighted by Gasteiger charge is 2.31. The molecule has 5 heteroatoms. The van der Waals surface area contributed by atoms with E-state index in [2.05, 4.69) is 5.32 Å². The molecule has 0 bridgehead atoms. The average Bonchev–Trinajstić information content (AvgIpc) is 2.59. The molecule has 0 aromatic rings. The van der Waals surface area contributed by atoms with Crippen LogP contribution in [0.3, 0.4) is 0 Å². The predicted octanol–water partition coefficient (Wildman–Crippen LogP) is -0.506. The molecule has 2 amide bonds. The molecular weight excluding hydrogens is 196 g/mol. The minimum absolute atomic E-state index is 0.0437. The third-order valence-electron chi connectivity index (χ3n) is 2.54. The molecule has 0 aliphatic carbocycles. The Bertz CT molecular complexity index is 253. The largest absolute Gasteiger partial charge is 0.395 e. The molecule has 1 unspecified atom stereocenters. The van der Waals surface area contributed by atoms with E-state index in [1.54, 1.807) is 4.90 Å². The maximum absolute atomic E-state index is 11.9. The standard InChI is InChI=1S/C10H18N2O3/c1-7(2)12(5-6-13)10(15)8-3-4-9(14)11-8/h7-8,13H,3-6H2,1-2H3,(H,11,14). The topological polar surface area (TPSA) is 69.6 Å². The smallest absolute Gasteiger partial charge is 0.245 e. The first kappa shape index (κ1) is 12.0. The Morgan fingerprint density at radius 2 is 2.33 bits per heavy atom. The van der Waals surface area contributed by atoms with Crippen molar-refractivity contribution in [1.29, 1.82) is 0 Å². The van der Waals surface area contributed by atoms with Crippen molar-refractivity contribution in [3.63, 3.8) is 0 Å². The Labute approximate surface area is 89.4 Å². The molecular formula is C10H18N2O3. The Balaban J connectivity index is 2.59. The second kappa shape index (κ2) is 5.11. The molecule has 1 saturated heterocycles. The molecule has 15 heavy (non-hydrogen) atoms. The van der Waals surface area contributed by atoms with Gasteiger partial charge in [-0.05, 0) is 20.3 Å². The third kappa shape index (κ3) is 2.92. The number of carbonyl (C=O) groups is 2. The first-order valence-corrected chi connectivity index (χ1v) is 5.27.